The third-order valence-corrected chi connectivity index (χ3v) is 5.80. The monoisotopic (exact) mass is 434 g/mol. The van der Waals surface area contributed by atoms with Crippen LogP contribution in [0.15, 0.2) is 54.6 Å². The quantitative estimate of drug-likeness (QED) is 0.580. The molecule has 5 heteroatoms. The van der Waals surface area contributed by atoms with Crippen LogP contribution in [0.5, 0.6) is 0 Å². The molecule has 5 nitrogen and oxygen atoms in total. The average molecular weight is 435 g/mol. The summed E-state index contributed by atoms with van der Waals surface area (Å²) in [5.41, 5.74) is 2.60. The van der Waals surface area contributed by atoms with E-state index in [1.807, 2.05) is 75.4 Å². The Balaban J connectivity index is 1.84. The Hall–Kier alpha value is -2.95. The molecule has 0 aromatic heterocycles. The lowest BCUT2D eigenvalue weighted by molar-refractivity contribution is -0.139. The average Bonchev–Trinajstić information content (AvgIpc) is 3.01. The van der Waals surface area contributed by atoms with Gasteiger partial charge in [0.1, 0.15) is 6.04 Å². The van der Waals surface area contributed by atoms with Gasteiger partial charge in [0.05, 0.1) is 12.1 Å². The van der Waals surface area contributed by atoms with Gasteiger partial charge in [-0.1, -0.05) is 77.1 Å². The fraction of sp³-hybridized carbons (Fsp3) is 0.444. The molecule has 1 atom stereocenters. The number of benzene rings is 2. The second-order valence-corrected chi connectivity index (χ2v) is 10.1. The molecule has 0 radical (unpaired) electrons. The Labute approximate surface area is 191 Å². The van der Waals surface area contributed by atoms with Crippen LogP contribution >= 0.6 is 0 Å². The Morgan fingerprint density at radius 3 is 2.22 bits per heavy atom. The highest BCUT2D eigenvalue weighted by Crippen LogP contribution is 2.29. The fourth-order valence-corrected chi connectivity index (χ4v) is 4.04. The van der Waals surface area contributed by atoms with E-state index in [0.717, 1.165) is 11.1 Å². The normalized spacial score (nSPS) is 16.7. The molecular formula is C27H34N2O3. The number of carbonyl (C=O) groups is 3. The van der Waals surface area contributed by atoms with Crippen molar-refractivity contribution < 1.29 is 14.4 Å². The van der Waals surface area contributed by atoms with Crippen LogP contribution in [-0.4, -0.2) is 35.2 Å². The number of anilines is 1. The van der Waals surface area contributed by atoms with Crippen LogP contribution in [0.2, 0.25) is 0 Å². The van der Waals surface area contributed by atoms with Gasteiger partial charge >= 0.3 is 0 Å². The van der Waals surface area contributed by atoms with Crippen LogP contribution in [0.4, 0.5) is 5.69 Å². The maximum Gasteiger partial charge on any atom is 0.257 e. The minimum Gasteiger partial charge on any atom is -0.330 e. The number of carbonyl (C=O) groups excluding carboxylic acids is 3. The second-order valence-electron chi connectivity index (χ2n) is 10.1. The van der Waals surface area contributed by atoms with Crippen molar-refractivity contribution in [3.63, 3.8) is 0 Å². The molecule has 0 saturated carbocycles. The van der Waals surface area contributed by atoms with Crippen molar-refractivity contribution in [2.75, 3.05) is 11.4 Å². The van der Waals surface area contributed by atoms with Crippen molar-refractivity contribution in [1.82, 2.24) is 4.90 Å². The van der Waals surface area contributed by atoms with E-state index in [4.69, 9.17) is 0 Å². The molecular weight excluding hydrogens is 400 g/mol. The molecule has 1 unspecified atom stereocenters. The lowest BCUT2D eigenvalue weighted by Gasteiger charge is -2.30. The summed E-state index contributed by atoms with van der Waals surface area (Å²) in [6, 6.07) is 16.7. The number of imide groups is 1. The Morgan fingerprint density at radius 2 is 1.66 bits per heavy atom. The zero-order valence-corrected chi connectivity index (χ0v) is 19.8. The van der Waals surface area contributed by atoms with Crippen molar-refractivity contribution >= 4 is 23.4 Å². The Bertz CT molecular complexity index is 959. The molecule has 1 heterocycles. The molecule has 0 bridgehead atoms. The first kappa shape index (κ1) is 23.7. The number of amides is 3. The SMILES string of the molecule is CC(C)c1ccc(N2C(=O)CC(N(CCc3ccccc3)C(=O)CC(C)(C)C)C2=O)cc1. The molecule has 3 amide bonds. The van der Waals surface area contributed by atoms with E-state index in [0.29, 0.717) is 31.0 Å². The van der Waals surface area contributed by atoms with E-state index in [-0.39, 0.29) is 29.6 Å². The first-order chi connectivity index (χ1) is 15.1. The molecule has 2 aromatic rings. The van der Waals surface area contributed by atoms with E-state index in [2.05, 4.69) is 13.8 Å². The van der Waals surface area contributed by atoms with E-state index >= 15 is 0 Å². The van der Waals surface area contributed by atoms with Gasteiger partial charge in [-0.05, 0) is 41.0 Å². The first-order valence-electron chi connectivity index (χ1n) is 11.4. The Morgan fingerprint density at radius 1 is 1.03 bits per heavy atom. The van der Waals surface area contributed by atoms with Gasteiger partial charge < -0.3 is 4.90 Å². The number of hydrogen-bond acceptors (Lipinski definition) is 3. The summed E-state index contributed by atoms with van der Waals surface area (Å²) < 4.78 is 0. The van der Waals surface area contributed by atoms with E-state index in [9.17, 15) is 14.4 Å². The van der Waals surface area contributed by atoms with Crippen LogP contribution in [0.1, 0.15) is 64.5 Å². The van der Waals surface area contributed by atoms with Gasteiger partial charge in [-0.2, -0.15) is 0 Å². The van der Waals surface area contributed by atoms with Crippen LogP contribution in [0.25, 0.3) is 0 Å². The van der Waals surface area contributed by atoms with Gasteiger partial charge in [0, 0.05) is 13.0 Å². The van der Waals surface area contributed by atoms with E-state index in [1.54, 1.807) is 4.90 Å². The summed E-state index contributed by atoms with van der Waals surface area (Å²) >= 11 is 0. The molecule has 0 aliphatic carbocycles. The standard InChI is InChI=1S/C27H34N2O3/c1-19(2)21-11-13-22(14-12-21)29-24(30)17-23(26(29)32)28(25(31)18-27(3,4)5)16-15-20-9-7-6-8-10-20/h6-14,19,23H,15-18H2,1-5H3. The molecule has 1 fully saturated rings. The topological polar surface area (TPSA) is 57.7 Å². The molecule has 0 N–H and O–H groups in total. The summed E-state index contributed by atoms with van der Waals surface area (Å²) in [4.78, 5) is 42.3. The largest absolute Gasteiger partial charge is 0.330 e. The summed E-state index contributed by atoms with van der Waals surface area (Å²) in [5.74, 6) is -0.296. The van der Waals surface area contributed by atoms with Gasteiger partial charge in [0.2, 0.25) is 11.8 Å². The van der Waals surface area contributed by atoms with Gasteiger partial charge in [-0.15, -0.1) is 0 Å². The van der Waals surface area contributed by atoms with Crippen molar-refractivity contribution in [3.05, 3.63) is 65.7 Å². The Kier molecular flexibility index (Phi) is 7.17. The summed E-state index contributed by atoms with van der Waals surface area (Å²) in [7, 11) is 0. The minimum absolute atomic E-state index is 0.0233. The third kappa shape index (κ3) is 5.64. The minimum atomic E-state index is -0.758. The zero-order chi connectivity index (χ0) is 23.5. The second kappa shape index (κ2) is 9.68. The lowest BCUT2D eigenvalue weighted by atomic mass is 9.91. The molecule has 1 aliphatic rings. The maximum absolute atomic E-state index is 13.4. The molecule has 0 spiro atoms. The van der Waals surface area contributed by atoms with E-state index in [1.165, 1.54) is 4.90 Å². The van der Waals surface area contributed by atoms with Crippen LogP contribution in [0, 0.1) is 5.41 Å². The summed E-state index contributed by atoms with van der Waals surface area (Å²) in [5, 5.41) is 0. The zero-order valence-electron chi connectivity index (χ0n) is 19.8. The van der Waals surface area contributed by atoms with Gasteiger partial charge in [0.25, 0.3) is 5.91 Å². The van der Waals surface area contributed by atoms with E-state index < -0.39 is 6.04 Å². The summed E-state index contributed by atoms with van der Waals surface area (Å²) in [6.45, 7) is 10.6. The highest BCUT2D eigenvalue weighted by atomic mass is 16.2. The van der Waals surface area contributed by atoms with Crippen molar-refractivity contribution in [2.24, 2.45) is 5.41 Å². The third-order valence-electron chi connectivity index (χ3n) is 5.80. The van der Waals surface area contributed by atoms with Crippen LogP contribution in [-0.2, 0) is 20.8 Å². The molecule has 170 valence electrons. The van der Waals surface area contributed by atoms with Gasteiger partial charge in [-0.25, -0.2) is 4.90 Å². The molecule has 32 heavy (non-hydrogen) atoms. The molecule has 1 saturated heterocycles. The molecule has 3 rings (SSSR count). The summed E-state index contributed by atoms with van der Waals surface area (Å²) in [6.07, 6.45) is 0.982. The van der Waals surface area contributed by atoms with Gasteiger partial charge in [0.15, 0.2) is 0 Å². The highest BCUT2D eigenvalue weighted by Gasteiger charge is 2.44. The fourth-order valence-electron chi connectivity index (χ4n) is 4.04. The first-order valence-corrected chi connectivity index (χ1v) is 11.4. The maximum atomic E-state index is 13.4. The van der Waals surface area contributed by atoms with Gasteiger partial charge in [-0.3, -0.25) is 14.4 Å². The predicted octanol–water partition coefficient (Wildman–Crippen LogP) is 4.95. The van der Waals surface area contributed by atoms with Crippen molar-refractivity contribution in [3.8, 4) is 0 Å². The lowest BCUT2D eigenvalue weighted by Crippen LogP contribution is -2.47. The van der Waals surface area contributed by atoms with Crippen molar-refractivity contribution in [2.45, 2.75) is 65.8 Å². The number of nitrogens with zero attached hydrogens (tertiary/aromatic N) is 2. The predicted molar refractivity (Wildman–Crippen MR) is 127 cm³/mol. The number of hydrogen-bond donors (Lipinski definition) is 0. The molecule has 1 aliphatic heterocycles. The van der Waals surface area contributed by atoms with Crippen molar-refractivity contribution in [1.29, 1.82) is 0 Å². The highest BCUT2D eigenvalue weighted by molar-refractivity contribution is 6.23. The molecule has 2 aromatic carbocycles. The van der Waals surface area contributed by atoms with Crippen LogP contribution in [0.3, 0.4) is 0 Å². The smallest absolute Gasteiger partial charge is 0.257 e. The van der Waals surface area contributed by atoms with Crippen LogP contribution < -0.4 is 4.90 Å². The number of rotatable bonds is 7.